The fourth-order valence-corrected chi connectivity index (χ4v) is 2.71. The summed E-state index contributed by atoms with van der Waals surface area (Å²) in [6, 6.07) is 11.8. The first-order valence-corrected chi connectivity index (χ1v) is 8.08. The third-order valence-corrected chi connectivity index (χ3v) is 3.96. The highest BCUT2D eigenvalue weighted by Crippen LogP contribution is 2.18. The van der Waals surface area contributed by atoms with Crippen LogP contribution in [-0.4, -0.2) is 31.8 Å². The predicted octanol–water partition coefficient (Wildman–Crippen LogP) is 2.50. The van der Waals surface area contributed by atoms with Crippen LogP contribution in [0.3, 0.4) is 0 Å². The van der Waals surface area contributed by atoms with Crippen LogP contribution in [0.15, 0.2) is 48.8 Å². The third-order valence-electron chi connectivity index (χ3n) is 3.96. The summed E-state index contributed by atoms with van der Waals surface area (Å²) in [4.78, 5) is 16.8. The minimum absolute atomic E-state index is 0.103. The molecule has 0 fully saturated rings. The van der Waals surface area contributed by atoms with Gasteiger partial charge in [-0.3, -0.25) is 9.48 Å². The molecule has 0 radical (unpaired) electrons. The summed E-state index contributed by atoms with van der Waals surface area (Å²) in [5, 5.41) is 7.08. The lowest BCUT2D eigenvalue weighted by atomic mass is 10.2. The van der Waals surface area contributed by atoms with Crippen LogP contribution in [0.5, 0.6) is 0 Å². The molecule has 1 amide bonds. The van der Waals surface area contributed by atoms with Crippen LogP contribution >= 0.6 is 0 Å². The first-order valence-electron chi connectivity index (χ1n) is 8.08. The van der Waals surface area contributed by atoms with Gasteiger partial charge in [0.15, 0.2) is 0 Å². The predicted molar refractivity (Wildman–Crippen MR) is 92.6 cm³/mol. The van der Waals surface area contributed by atoms with Crippen molar-refractivity contribution in [2.24, 2.45) is 0 Å². The van der Waals surface area contributed by atoms with Gasteiger partial charge in [-0.2, -0.15) is 5.10 Å². The van der Waals surface area contributed by atoms with Crippen LogP contribution in [0.1, 0.15) is 23.1 Å². The average Bonchev–Trinajstić information content (AvgIpc) is 3.22. The summed E-state index contributed by atoms with van der Waals surface area (Å²) in [5.74, 6) is 0.814. The van der Waals surface area contributed by atoms with Gasteiger partial charge in [-0.25, -0.2) is 4.98 Å². The summed E-state index contributed by atoms with van der Waals surface area (Å²) < 4.78 is 3.81. The van der Waals surface area contributed by atoms with Crippen LogP contribution in [0.25, 0.3) is 11.4 Å². The van der Waals surface area contributed by atoms with Gasteiger partial charge in [0.25, 0.3) is 5.91 Å². The fraction of sp³-hybridized carbons (Fsp3) is 0.278. The number of hydrogen-bond acceptors (Lipinski definition) is 3. The molecule has 124 valence electrons. The molecule has 2 heterocycles. The summed E-state index contributed by atoms with van der Waals surface area (Å²) in [7, 11) is 0. The first-order chi connectivity index (χ1) is 11.7. The van der Waals surface area contributed by atoms with Crippen LogP contribution in [-0.2, 0) is 13.1 Å². The number of nitrogens with zero attached hydrogens (tertiary/aromatic N) is 4. The van der Waals surface area contributed by atoms with E-state index in [-0.39, 0.29) is 5.91 Å². The Hall–Kier alpha value is -2.89. The molecule has 0 saturated heterocycles. The van der Waals surface area contributed by atoms with Crippen molar-refractivity contribution < 1.29 is 4.79 Å². The number of aryl methyl sites for hydroxylation is 2. The van der Waals surface area contributed by atoms with Gasteiger partial charge in [-0.15, -0.1) is 0 Å². The number of amides is 1. The van der Waals surface area contributed by atoms with Crippen molar-refractivity contribution in [2.45, 2.75) is 26.9 Å². The number of hydrogen-bond donors (Lipinski definition) is 1. The van der Waals surface area contributed by atoms with E-state index in [0.29, 0.717) is 25.3 Å². The lowest BCUT2D eigenvalue weighted by molar-refractivity contribution is 0.0941. The van der Waals surface area contributed by atoms with Gasteiger partial charge in [0, 0.05) is 43.3 Å². The van der Waals surface area contributed by atoms with Gasteiger partial charge in [-0.05, 0) is 19.9 Å². The number of benzene rings is 1. The molecule has 0 atom stereocenters. The van der Waals surface area contributed by atoms with Crippen molar-refractivity contribution in [3.8, 4) is 11.4 Å². The largest absolute Gasteiger partial charge is 0.349 e. The van der Waals surface area contributed by atoms with E-state index in [9.17, 15) is 4.79 Å². The smallest absolute Gasteiger partial charge is 0.269 e. The molecule has 0 aliphatic heterocycles. The van der Waals surface area contributed by atoms with Crippen molar-refractivity contribution in [3.05, 3.63) is 60.2 Å². The Kier molecular flexibility index (Phi) is 4.74. The van der Waals surface area contributed by atoms with E-state index in [2.05, 4.69) is 20.0 Å². The van der Waals surface area contributed by atoms with E-state index in [1.165, 1.54) is 0 Å². The molecule has 0 unspecified atom stereocenters. The number of rotatable bonds is 6. The molecule has 0 saturated carbocycles. The number of carbonyl (C=O) groups excluding carboxylic acids is 1. The lowest BCUT2D eigenvalue weighted by Gasteiger charge is -2.11. The van der Waals surface area contributed by atoms with E-state index in [4.69, 9.17) is 0 Å². The number of nitrogens with one attached hydrogen (secondary N) is 1. The summed E-state index contributed by atoms with van der Waals surface area (Å²) in [5.41, 5.74) is 2.73. The van der Waals surface area contributed by atoms with Crippen LogP contribution < -0.4 is 5.32 Å². The molecular weight excluding hydrogens is 302 g/mol. The zero-order valence-corrected chi connectivity index (χ0v) is 13.9. The lowest BCUT2D eigenvalue weighted by Crippen LogP contribution is -2.29. The van der Waals surface area contributed by atoms with Gasteiger partial charge < -0.3 is 9.88 Å². The van der Waals surface area contributed by atoms with E-state index in [0.717, 1.165) is 17.1 Å². The summed E-state index contributed by atoms with van der Waals surface area (Å²) in [6.07, 6.45) is 3.50. The normalized spacial score (nSPS) is 10.8. The zero-order valence-electron chi connectivity index (χ0n) is 13.9. The minimum atomic E-state index is -0.103. The average molecular weight is 323 g/mol. The molecule has 24 heavy (non-hydrogen) atoms. The maximum atomic E-state index is 12.3. The number of aromatic nitrogens is 4. The Balaban J connectivity index is 1.68. The Labute approximate surface area is 141 Å². The van der Waals surface area contributed by atoms with Crippen molar-refractivity contribution in [3.63, 3.8) is 0 Å². The maximum absolute atomic E-state index is 12.3. The summed E-state index contributed by atoms with van der Waals surface area (Å²) in [6.45, 7) is 5.86. The highest BCUT2D eigenvalue weighted by molar-refractivity contribution is 5.92. The third kappa shape index (κ3) is 3.22. The molecule has 6 nitrogen and oxygen atoms in total. The van der Waals surface area contributed by atoms with Crippen LogP contribution in [0.4, 0.5) is 0 Å². The topological polar surface area (TPSA) is 64.7 Å². The minimum Gasteiger partial charge on any atom is -0.349 e. The van der Waals surface area contributed by atoms with E-state index in [1.807, 2.05) is 50.4 Å². The van der Waals surface area contributed by atoms with Crippen molar-refractivity contribution in [2.75, 3.05) is 6.54 Å². The quantitative estimate of drug-likeness (QED) is 0.758. The van der Waals surface area contributed by atoms with Gasteiger partial charge >= 0.3 is 0 Å². The van der Waals surface area contributed by atoms with Crippen LogP contribution in [0.2, 0.25) is 0 Å². The van der Waals surface area contributed by atoms with Gasteiger partial charge in [-0.1, -0.05) is 30.3 Å². The first kappa shape index (κ1) is 16.0. The van der Waals surface area contributed by atoms with Gasteiger partial charge in [0.05, 0.1) is 0 Å². The van der Waals surface area contributed by atoms with Crippen molar-refractivity contribution in [1.82, 2.24) is 24.6 Å². The molecule has 0 spiro atoms. The Morgan fingerprint density at radius 2 is 2.00 bits per heavy atom. The van der Waals surface area contributed by atoms with Gasteiger partial charge in [0.2, 0.25) is 0 Å². The Morgan fingerprint density at radius 3 is 2.75 bits per heavy atom. The molecule has 0 aliphatic rings. The molecule has 1 aromatic carbocycles. The zero-order chi connectivity index (χ0) is 16.9. The Bertz CT molecular complexity index is 819. The monoisotopic (exact) mass is 323 g/mol. The van der Waals surface area contributed by atoms with E-state index < -0.39 is 0 Å². The maximum Gasteiger partial charge on any atom is 0.269 e. The molecule has 3 aromatic rings. The molecule has 1 N–H and O–H groups in total. The van der Waals surface area contributed by atoms with Gasteiger partial charge in [0.1, 0.15) is 11.5 Å². The number of carbonyl (C=O) groups is 1. The molecule has 0 bridgehead atoms. The molecular formula is C18H21N5O. The molecule has 6 heteroatoms. The Morgan fingerprint density at radius 1 is 1.21 bits per heavy atom. The highest BCUT2D eigenvalue weighted by atomic mass is 16.2. The standard InChI is InChI=1S/C18H21N5O/c1-3-23-16(9-10-21-23)18(24)19-11-12-22-14(2)13-20-17(22)15-7-5-4-6-8-15/h4-10,13H,3,11-12H2,1-2H3,(H,19,24). The second-order valence-corrected chi connectivity index (χ2v) is 5.53. The second-order valence-electron chi connectivity index (χ2n) is 5.53. The van der Waals surface area contributed by atoms with Crippen molar-refractivity contribution in [1.29, 1.82) is 0 Å². The highest BCUT2D eigenvalue weighted by Gasteiger charge is 2.12. The number of imidazole rings is 1. The molecule has 0 aliphatic carbocycles. The molecule has 3 rings (SSSR count). The van der Waals surface area contributed by atoms with Crippen LogP contribution in [0, 0.1) is 6.92 Å². The summed E-state index contributed by atoms with van der Waals surface area (Å²) >= 11 is 0. The van der Waals surface area contributed by atoms with E-state index >= 15 is 0 Å². The SMILES string of the molecule is CCn1nccc1C(=O)NCCn1c(C)cnc1-c1ccccc1. The second kappa shape index (κ2) is 7.12. The van der Waals surface area contributed by atoms with E-state index in [1.54, 1.807) is 16.9 Å². The molecule has 2 aromatic heterocycles. The fourth-order valence-electron chi connectivity index (χ4n) is 2.71. The van der Waals surface area contributed by atoms with Crippen molar-refractivity contribution >= 4 is 5.91 Å².